The molecule has 4 aromatic rings. The molecule has 1 atom stereocenters. The molecule has 1 N–H and O–H groups in total. The summed E-state index contributed by atoms with van der Waals surface area (Å²) < 4.78 is 17.1. The quantitative estimate of drug-likeness (QED) is 0.112. The Bertz CT molecular complexity index is 1570. The third kappa shape index (κ3) is 10.0. The van der Waals surface area contributed by atoms with Crippen molar-refractivity contribution in [2.75, 3.05) is 39.5 Å². The topological polar surface area (TPSA) is 103 Å². The lowest BCUT2D eigenvalue weighted by molar-refractivity contribution is -0.146. The summed E-state index contributed by atoms with van der Waals surface area (Å²) in [5, 5.41) is 2.88. The van der Waals surface area contributed by atoms with Crippen LogP contribution in [0.5, 0.6) is 0 Å². The van der Waals surface area contributed by atoms with E-state index in [4.69, 9.17) is 14.2 Å². The minimum absolute atomic E-state index is 0.205. The monoisotopic (exact) mass is 650 g/mol. The van der Waals surface area contributed by atoms with Gasteiger partial charge in [0.15, 0.2) is 6.29 Å². The summed E-state index contributed by atoms with van der Waals surface area (Å²) in [7, 11) is 0. The molecule has 9 heteroatoms. The van der Waals surface area contributed by atoms with Gasteiger partial charge in [-0.15, -0.1) is 0 Å². The van der Waals surface area contributed by atoms with E-state index in [-0.39, 0.29) is 23.9 Å². The van der Waals surface area contributed by atoms with E-state index in [9.17, 15) is 9.59 Å². The fourth-order valence-electron chi connectivity index (χ4n) is 6.02. The molecule has 5 rings (SSSR count). The van der Waals surface area contributed by atoms with Crippen molar-refractivity contribution in [3.63, 3.8) is 0 Å². The number of aromatic nitrogens is 2. The van der Waals surface area contributed by atoms with Gasteiger partial charge in [0.1, 0.15) is 11.6 Å². The lowest BCUT2D eigenvalue weighted by atomic mass is 9.90. The number of benzene rings is 3. The minimum Gasteiger partial charge on any atom is -0.465 e. The lowest BCUT2D eigenvalue weighted by Gasteiger charge is -2.32. The minimum atomic E-state index is -0.604. The van der Waals surface area contributed by atoms with Gasteiger partial charge in [0, 0.05) is 38.3 Å². The normalized spacial score (nSPS) is 14.5. The van der Waals surface area contributed by atoms with E-state index in [1.807, 2.05) is 74.5 Å². The van der Waals surface area contributed by atoms with Crippen molar-refractivity contribution in [2.45, 2.75) is 51.9 Å². The fraction of sp³-hybridized carbons (Fsp3) is 0.385. The second-order valence-corrected chi connectivity index (χ2v) is 12.0. The van der Waals surface area contributed by atoms with E-state index < -0.39 is 5.92 Å². The molecule has 9 nitrogen and oxygen atoms in total. The number of rotatable bonds is 16. The molecular formula is C39H46N4O5. The van der Waals surface area contributed by atoms with Crippen molar-refractivity contribution in [2.24, 2.45) is 5.92 Å². The summed E-state index contributed by atoms with van der Waals surface area (Å²) >= 11 is 0. The number of hydrogen-bond acceptors (Lipinski definition) is 8. The van der Waals surface area contributed by atoms with Crippen LogP contribution in [0, 0.1) is 5.92 Å². The molecule has 0 bridgehead atoms. The van der Waals surface area contributed by atoms with E-state index in [1.54, 1.807) is 6.20 Å². The van der Waals surface area contributed by atoms with Gasteiger partial charge >= 0.3 is 5.97 Å². The van der Waals surface area contributed by atoms with Gasteiger partial charge < -0.3 is 19.5 Å². The van der Waals surface area contributed by atoms with Crippen molar-refractivity contribution in [1.29, 1.82) is 0 Å². The molecule has 0 aliphatic carbocycles. The first-order chi connectivity index (χ1) is 23.5. The maximum Gasteiger partial charge on any atom is 0.317 e. The summed E-state index contributed by atoms with van der Waals surface area (Å²) in [4.78, 5) is 38.1. The van der Waals surface area contributed by atoms with E-state index in [1.165, 1.54) is 11.8 Å². The van der Waals surface area contributed by atoms with E-state index in [0.717, 1.165) is 49.2 Å². The number of carbonyl (C=O) groups is 2. The van der Waals surface area contributed by atoms with Gasteiger partial charge in [-0.1, -0.05) is 78.9 Å². The smallest absolute Gasteiger partial charge is 0.317 e. The molecule has 3 aromatic carbocycles. The van der Waals surface area contributed by atoms with Gasteiger partial charge in [-0.2, -0.15) is 0 Å². The van der Waals surface area contributed by atoms with Gasteiger partial charge in [0.25, 0.3) is 5.91 Å². The average Bonchev–Trinajstić information content (AvgIpc) is 3.13. The number of hydrogen-bond donors (Lipinski definition) is 1. The Balaban J connectivity index is 1.23. The Labute approximate surface area is 283 Å². The number of likely N-dealkylation sites (tertiary alicyclic amines) is 1. The Kier molecular flexibility index (Phi) is 13.2. The molecule has 1 saturated heterocycles. The zero-order chi connectivity index (χ0) is 33.6. The third-order valence-corrected chi connectivity index (χ3v) is 8.54. The summed E-state index contributed by atoms with van der Waals surface area (Å²) in [6, 6.07) is 27.9. The van der Waals surface area contributed by atoms with E-state index in [2.05, 4.69) is 44.5 Å². The molecule has 1 aliphatic rings. The van der Waals surface area contributed by atoms with Crippen LogP contribution in [-0.4, -0.2) is 72.5 Å². The Morgan fingerprint density at radius 2 is 1.56 bits per heavy atom. The van der Waals surface area contributed by atoms with Crippen molar-refractivity contribution >= 4 is 11.9 Å². The molecule has 1 fully saturated rings. The van der Waals surface area contributed by atoms with Gasteiger partial charge in [-0.05, 0) is 68.5 Å². The average molecular weight is 651 g/mol. The Hall–Kier alpha value is -4.44. The van der Waals surface area contributed by atoms with Crippen molar-refractivity contribution in [3.8, 4) is 11.3 Å². The van der Waals surface area contributed by atoms with Crippen LogP contribution in [0.4, 0.5) is 0 Å². The first-order valence-corrected chi connectivity index (χ1v) is 17.0. The highest BCUT2D eigenvalue weighted by molar-refractivity contribution is 5.92. The predicted octanol–water partition coefficient (Wildman–Crippen LogP) is 6.25. The predicted molar refractivity (Wildman–Crippen MR) is 185 cm³/mol. The van der Waals surface area contributed by atoms with E-state index in [0.29, 0.717) is 44.4 Å². The molecule has 0 radical (unpaired) electrons. The highest BCUT2D eigenvalue weighted by Crippen LogP contribution is 2.30. The first-order valence-electron chi connectivity index (χ1n) is 17.0. The summed E-state index contributed by atoms with van der Waals surface area (Å²) in [5.41, 5.74) is 4.46. The van der Waals surface area contributed by atoms with Crippen LogP contribution in [-0.2, 0) is 25.5 Å². The van der Waals surface area contributed by atoms with Crippen LogP contribution in [0.2, 0.25) is 0 Å². The Morgan fingerprint density at radius 1 is 0.875 bits per heavy atom. The first kappa shape index (κ1) is 34.9. The summed E-state index contributed by atoms with van der Waals surface area (Å²) in [5.74, 6) is -0.880. The fourth-order valence-corrected chi connectivity index (χ4v) is 6.02. The van der Waals surface area contributed by atoms with Gasteiger partial charge in [-0.3, -0.25) is 19.5 Å². The molecule has 1 aliphatic heterocycles. The van der Waals surface area contributed by atoms with Crippen LogP contribution in [0.3, 0.4) is 0 Å². The maximum atomic E-state index is 13.8. The van der Waals surface area contributed by atoms with Crippen molar-refractivity contribution < 1.29 is 23.8 Å². The lowest BCUT2D eigenvalue weighted by Crippen LogP contribution is -2.35. The number of ether oxygens (including phenoxy) is 3. The zero-order valence-corrected chi connectivity index (χ0v) is 27.9. The third-order valence-electron chi connectivity index (χ3n) is 8.54. The highest BCUT2D eigenvalue weighted by atomic mass is 16.7. The molecule has 1 unspecified atom stereocenters. The van der Waals surface area contributed by atoms with Crippen molar-refractivity contribution in [1.82, 2.24) is 20.2 Å². The largest absolute Gasteiger partial charge is 0.465 e. The molecular weight excluding hydrogens is 604 g/mol. The molecule has 0 spiro atoms. The number of esters is 1. The van der Waals surface area contributed by atoms with Gasteiger partial charge in [-0.25, -0.2) is 4.98 Å². The van der Waals surface area contributed by atoms with Crippen LogP contribution in [0.1, 0.15) is 66.2 Å². The second-order valence-electron chi connectivity index (χ2n) is 12.0. The number of nitrogens with zero attached hydrogens (tertiary/aromatic N) is 3. The molecule has 1 aromatic heterocycles. The molecule has 2 heterocycles. The van der Waals surface area contributed by atoms with Crippen LogP contribution < -0.4 is 5.32 Å². The van der Waals surface area contributed by atoms with Crippen LogP contribution in [0.25, 0.3) is 11.3 Å². The highest BCUT2D eigenvalue weighted by Gasteiger charge is 2.27. The van der Waals surface area contributed by atoms with Crippen LogP contribution in [0.15, 0.2) is 97.3 Å². The number of carbonyl (C=O) groups excluding carboxylic acids is 2. The molecule has 252 valence electrons. The summed E-state index contributed by atoms with van der Waals surface area (Å²) in [6.07, 6.45) is 5.20. The zero-order valence-electron chi connectivity index (χ0n) is 27.9. The standard InChI is InChI=1S/C39H46N4O5/c1-3-46-36(47-4-2)18-21-41-38(44)35-26-40-25-34(42-35)32-16-11-17-33(24-32)37(31-14-9-6-10-15-31)39(45)48-28-30-19-22-43(23-20-30)27-29-12-7-5-8-13-29/h5-17,24-26,30,36-37H,3-4,18-23,27-28H2,1-2H3,(H,41,44). The summed E-state index contributed by atoms with van der Waals surface area (Å²) in [6.45, 7) is 8.57. The molecule has 1 amide bonds. The Morgan fingerprint density at radius 3 is 2.27 bits per heavy atom. The molecule has 0 saturated carbocycles. The number of amides is 1. The molecule has 48 heavy (non-hydrogen) atoms. The maximum absolute atomic E-state index is 13.8. The van der Waals surface area contributed by atoms with Crippen LogP contribution >= 0.6 is 0 Å². The number of nitrogens with one attached hydrogen (secondary N) is 1. The van der Waals surface area contributed by atoms with Gasteiger partial charge in [0.05, 0.1) is 24.7 Å². The van der Waals surface area contributed by atoms with E-state index >= 15 is 0 Å². The number of piperidine rings is 1. The van der Waals surface area contributed by atoms with Gasteiger partial charge in [0.2, 0.25) is 0 Å². The van der Waals surface area contributed by atoms with Crippen molar-refractivity contribution in [3.05, 3.63) is 120 Å². The second kappa shape index (κ2) is 18.2. The SMILES string of the molecule is CCOC(CCNC(=O)c1cncc(-c2cccc(C(C(=O)OCC3CCN(Cc4ccccc4)CC3)c3ccccc3)c2)n1)OCC.